The number of hydrogen-bond acceptors (Lipinski definition) is 3. The number of ether oxygens (including phenoxy) is 1. The number of amides is 1. The Balaban J connectivity index is 0.00000261. The molecule has 1 aliphatic rings. The molecule has 0 radical (unpaired) electrons. The van der Waals surface area contributed by atoms with Gasteiger partial charge in [-0.1, -0.05) is 48.5 Å². The molecule has 0 bridgehead atoms. The average Bonchev–Trinajstić information content (AvgIpc) is 2.67. The summed E-state index contributed by atoms with van der Waals surface area (Å²) in [5, 5.41) is 3.20. The van der Waals surface area contributed by atoms with Crippen molar-refractivity contribution in [3.8, 4) is 5.75 Å². The molecule has 7 heteroatoms. The van der Waals surface area contributed by atoms with Crippen molar-refractivity contribution in [2.24, 2.45) is 10.7 Å². The molecular weight excluding hydrogens is 455 g/mol. The van der Waals surface area contributed by atoms with Crippen LogP contribution in [0.15, 0.2) is 59.6 Å². The van der Waals surface area contributed by atoms with Gasteiger partial charge in [0.05, 0.1) is 12.6 Å². The van der Waals surface area contributed by atoms with Crippen LogP contribution >= 0.6 is 24.0 Å². The summed E-state index contributed by atoms with van der Waals surface area (Å²) in [6, 6.07) is 17.8. The van der Waals surface area contributed by atoms with Crippen molar-refractivity contribution in [1.29, 1.82) is 0 Å². The number of nitrogens with two attached hydrogens (primary N) is 1. The van der Waals surface area contributed by atoms with E-state index in [9.17, 15) is 4.79 Å². The van der Waals surface area contributed by atoms with Crippen LogP contribution in [0.1, 0.15) is 23.6 Å². The van der Waals surface area contributed by atoms with E-state index in [1.165, 1.54) is 0 Å². The highest BCUT2D eigenvalue weighted by atomic mass is 127. The molecule has 1 aliphatic heterocycles. The molecule has 1 amide bonds. The summed E-state index contributed by atoms with van der Waals surface area (Å²) < 4.78 is 5.64. The third kappa shape index (κ3) is 5.85. The maximum atomic E-state index is 12.3. The Bertz CT molecular complexity index is 783. The highest BCUT2D eigenvalue weighted by Crippen LogP contribution is 2.31. The number of benzene rings is 2. The smallest absolute Gasteiger partial charge is 0.244 e. The molecule has 0 aliphatic carbocycles. The molecule has 0 saturated carbocycles. The Morgan fingerprint density at radius 3 is 2.70 bits per heavy atom. The molecule has 0 saturated heterocycles. The number of nitrogens with zero attached hydrogens (tertiary/aromatic N) is 2. The van der Waals surface area contributed by atoms with Gasteiger partial charge in [0.1, 0.15) is 12.3 Å². The molecule has 1 unspecified atom stereocenters. The Morgan fingerprint density at radius 1 is 1.22 bits per heavy atom. The fourth-order valence-electron chi connectivity index (χ4n) is 2.94. The highest BCUT2D eigenvalue weighted by Gasteiger charge is 2.21. The second-order valence-electron chi connectivity index (χ2n) is 6.31. The normalized spacial score (nSPS) is 15.7. The first-order valence-electron chi connectivity index (χ1n) is 8.69. The number of halogens is 1. The lowest BCUT2D eigenvalue weighted by atomic mass is 10.0. The second kappa shape index (κ2) is 10.1. The van der Waals surface area contributed by atoms with E-state index in [0.717, 1.165) is 23.3 Å². The zero-order valence-electron chi connectivity index (χ0n) is 15.3. The molecule has 3 N–H and O–H groups in total. The van der Waals surface area contributed by atoms with Crippen LogP contribution in [0.25, 0.3) is 0 Å². The molecule has 0 aromatic heterocycles. The Hall–Kier alpha value is -2.29. The number of para-hydroxylation sites is 1. The standard InChI is InChI=1S/C20H24N4O2.HI/c1-24(14-15-7-3-2-4-8-15)19(25)13-22-20(21)23-17-11-12-26-18-10-6-5-9-16(17)18;/h2-10,17H,11-14H2,1H3,(H3,21,22,23);1H. The van der Waals surface area contributed by atoms with E-state index >= 15 is 0 Å². The van der Waals surface area contributed by atoms with Crippen LogP contribution < -0.4 is 15.8 Å². The maximum absolute atomic E-state index is 12.3. The van der Waals surface area contributed by atoms with Crippen molar-refractivity contribution >= 4 is 35.8 Å². The number of carbonyl (C=O) groups excluding carboxylic acids is 1. The number of nitrogens with one attached hydrogen (secondary N) is 1. The van der Waals surface area contributed by atoms with Gasteiger partial charge in [-0.3, -0.25) is 4.79 Å². The van der Waals surface area contributed by atoms with Crippen LogP contribution in [0, 0.1) is 0 Å². The molecule has 0 fully saturated rings. The minimum absolute atomic E-state index is 0. The molecule has 0 spiro atoms. The monoisotopic (exact) mass is 480 g/mol. The minimum Gasteiger partial charge on any atom is -0.493 e. The number of fused-ring (bicyclic) bond motifs is 1. The second-order valence-corrected chi connectivity index (χ2v) is 6.31. The summed E-state index contributed by atoms with van der Waals surface area (Å²) in [7, 11) is 1.77. The highest BCUT2D eigenvalue weighted by molar-refractivity contribution is 14.0. The van der Waals surface area contributed by atoms with Gasteiger partial charge < -0.3 is 20.7 Å². The fraction of sp³-hybridized carbons (Fsp3) is 0.300. The van der Waals surface area contributed by atoms with Crippen molar-refractivity contribution in [3.63, 3.8) is 0 Å². The summed E-state index contributed by atoms with van der Waals surface area (Å²) in [6.07, 6.45) is 0.801. The molecule has 2 aromatic carbocycles. The molecular formula is C20H25IN4O2. The Kier molecular flexibility index (Phi) is 7.90. The lowest BCUT2D eigenvalue weighted by Gasteiger charge is -2.27. The van der Waals surface area contributed by atoms with Gasteiger partial charge in [-0.05, 0) is 11.6 Å². The fourth-order valence-corrected chi connectivity index (χ4v) is 2.94. The van der Waals surface area contributed by atoms with Gasteiger partial charge in [0, 0.05) is 25.6 Å². The van der Waals surface area contributed by atoms with Crippen molar-refractivity contribution in [1.82, 2.24) is 10.2 Å². The van der Waals surface area contributed by atoms with Crippen molar-refractivity contribution in [3.05, 3.63) is 65.7 Å². The number of rotatable bonds is 5. The molecule has 3 rings (SSSR count). The first kappa shape index (κ1) is 21.0. The van der Waals surface area contributed by atoms with Gasteiger partial charge in [-0.15, -0.1) is 24.0 Å². The summed E-state index contributed by atoms with van der Waals surface area (Å²) >= 11 is 0. The topological polar surface area (TPSA) is 80.0 Å². The summed E-state index contributed by atoms with van der Waals surface area (Å²) in [4.78, 5) is 18.1. The van der Waals surface area contributed by atoms with E-state index in [1.54, 1.807) is 11.9 Å². The van der Waals surface area contributed by atoms with E-state index < -0.39 is 0 Å². The van der Waals surface area contributed by atoms with Crippen LogP contribution in [-0.4, -0.2) is 37.0 Å². The van der Waals surface area contributed by atoms with Gasteiger partial charge in [-0.25, -0.2) is 4.99 Å². The number of carbonyl (C=O) groups is 1. The van der Waals surface area contributed by atoms with Crippen molar-refractivity contribution < 1.29 is 9.53 Å². The number of aliphatic imine (C=N–C) groups is 1. The number of hydrogen-bond donors (Lipinski definition) is 2. The van der Waals surface area contributed by atoms with Gasteiger partial charge >= 0.3 is 0 Å². The molecule has 2 aromatic rings. The number of guanidine groups is 1. The summed E-state index contributed by atoms with van der Waals surface area (Å²) in [5.41, 5.74) is 8.13. The van der Waals surface area contributed by atoms with E-state index in [2.05, 4.69) is 10.3 Å². The zero-order valence-corrected chi connectivity index (χ0v) is 17.6. The SMILES string of the molecule is CN(Cc1ccccc1)C(=O)CN=C(N)NC1CCOc2ccccc21.I. The van der Waals surface area contributed by atoms with Crippen LogP contribution in [0.2, 0.25) is 0 Å². The zero-order chi connectivity index (χ0) is 18.4. The largest absolute Gasteiger partial charge is 0.493 e. The van der Waals surface area contributed by atoms with Crippen LogP contribution in [-0.2, 0) is 11.3 Å². The molecule has 6 nitrogen and oxygen atoms in total. The van der Waals surface area contributed by atoms with E-state index in [-0.39, 0.29) is 48.4 Å². The van der Waals surface area contributed by atoms with E-state index in [1.807, 2.05) is 54.6 Å². The van der Waals surface area contributed by atoms with Gasteiger partial charge in [-0.2, -0.15) is 0 Å². The number of likely N-dealkylation sites (N-methyl/N-ethyl adjacent to an activating group) is 1. The third-order valence-corrected chi connectivity index (χ3v) is 4.35. The quantitative estimate of drug-likeness (QED) is 0.392. The minimum atomic E-state index is -0.0778. The predicted molar refractivity (Wildman–Crippen MR) is 117 cm³/mol. The molecule has 1 atom stereocenters. The van der Waals surface area contributed by atoms with Crippen molar-refractivity contribution in [2.45, 2.75) is 19.0 Å². The Labute approximate surface area is 176 Å². The lowest BCUT2D eigenvalue weighted by Crippen LogP contribution is -2.38. The average molecular weight is 480 g/mol. The lowest BCUT2D eigenvalue weighted by molar-refractivity contribution is -0.128. The van der Waals surface area contributed by atoms with Gasteiger partial charge in [0.25, 0.3) is 0 Å². The van der Waals surface area contributed by atoms with Crippen molar-refractivity contribution in [2.75, 3.05) is 20.2 Å². The third-order valence-electron chi connectivity index (χ3n) is 4.35. The first-order chi connectivity index (χ1) is 12.6. The van der Waals surface area contributed by atoms with Gasteiger partial charge in [0.15, 0.2) is 5.96 Å². The van der Waals surface area contributed by atoms with E-state index in [4.69, 9.17) is 10.5 Å². The maximum Gasteiger partial charge on any atom is 0.244 e. The van der Waals surface area contributed by atoms with Crippen LogP contribution in [0.4, 0.5) is 0 Å². The first-order valence-corrected chi connectivity index (χ1v) is 8.69. The van der Waals surface area contributed by atoms with E-state index in [0.29, 0.717) is 13.2 Å². The summed E-state index contributed by atoms with van der Waals surface area (Å²) in [5.74, 6) is 1.06. The molecule has 27 heavy (non-hydrogen) atoms. The Morgan fingerprint density at radius 2 is 1.93 bits per heavy atom. The van der Waals surface area contributed by atoms with Crippen LogP contribution in [0.3, 0.4) is 0 Å². The summed E-state index contributed by atoms with van der Waals surface area (Å²) in [6.45, 7) is 1.20. The van der Waals surface area contributed by atoms with Gasteiger partial charge in [0.2, 0.25) is 5.91 Å². The predicted octanol–water partition coefficient (Wildman–Crippen LogP) is 2.69. The molecule has 144 valence electrons. The molecule has 1 heterocycles. The van der Waals surface area contributed by atoms with Crippen LogP contribution in [0.5, 0.6) is 5.75 Å².